The first-order valence-electron chi connectivity index (χ1n) is 12.3. The molecule has 0 saturated heterocycles. The standard InChI is InChI=1S/C21H23Cl2N2.C10H12O.Ru/c1-12-7-14(3)18(15(4)8-12)21(23)20(22)25(11-24-21)19-16(5)9-13(2)10-17(19)6;1-8(2)11-10-7-5-4-6-9(10)3;/h7-10,20H,1-6H3;3-8H,1-2H3;/q-1;;+1. The van der Waals surface area contributed by atoms with E-state index >= 15 is 0 Å². The summed E-state index contributed by atoms with van der Waals surface area (Å²) in [7, 11) is 0. The maximum Gasteiger partial charge on any atom is 0.174 e. The molecule has 0 radical (unpaired) electrons. The average molecular weight is 624 g/mol. The Labute approximate surface area is 242 Å². The average Bonchev–Trinajstić information content (AvgIpc) is 3.08. The summed E-state index contributed by atoms with van der Waals surface area (Å²) in [5.41, 5.74) is 9.49. The van der Waals surface area contributed by atoms with Gasteiger partial charge in [-0.05, 0) is 38.8 Å². The first kappa shape index (κ1) is 29.6. The van der Waals surface area contributed by atoms with E-state index in [2.05, 4.69) is 95.0 Å². The molecule has 6 heteroatoms. The maximum atomic E-state index is 6.99. The molecule has 1 aliphatic heterocycles. The van der Waals surface area contributed by atoms with E-state index in [4.69, 9.17) is 27.9 Å². The number of aryl methyl sites for hydroxylation is 6. The molecule has 0 amide bonds. The van der Waals surface area contributed by atoms with Gasteiger partial charge in [0.1, 0.15) is 5.50 Å². The largest absolute Gasteiger partial charge is 0.477 e. The molecule has 0 aliphatic carbocycles. The number of halogens is 2. The maximum absolute atomic E-state index is 6.99. The van der Waals surface area contributed by atoms with Crippen LogP contribution in [0.2, 0.25) is 0 Å². The van der Waals surface area contributed by atoms with Crippen LogP contribution in [0.4, 0.5) is 5.69 Å². The molecule has 37 heavy (non-hydrogen) atoms. The molecule has 197 valence electrons. The number of hydrogen-bond donors (Lipinski definition) is 0. The predicted octanol–water partition coefficient (Wildman–Crippen LogP) is 8.09. The van der Waals surface area contributed by atoms with Crippen molar-refractivity contribution in [1.29, 1.82) is 0 Å². The monoisotopic (exact) mass is 623 g/mol. The molecule has 0 saturated carbocycles. The Bertz CT molecular complexity index is 1270. The van der Waals surface area contributed by atoms with Crippen molar-refractivity contribution in [2.45, 2.75) is 72.0 Å². The van der Waals surface area contributed by atoms with Gasteiger partial charge in [0.15, 0.2) is 5.00 Å². The minimum atomic E-state index is -1.05. The van der Waals surface area contributed by atoms with Crippen molar-refractivity contribution in [1.82, 2.24) is 0 Å². The Hall–Kier alpha value is -2.00. The molecule has 0 bridgehead atoms. The molecule has 2 unspecified atom stereocenters. The second-order valence-electron chi connectivity index (χ2n) is 9.92. The minimum Gasteiger partial charge on any atom is -0.477 e. The van der Waals surface area contributed by atoms with Gasteiger partial charge in [0.25, 0.3) is 0 Å². The Kier molecular flexibility index (Phi) is 9.78. The van der Waals surface area contributed by atoms with Crippen molar-refractivity contribution in [3.63, 3.8) is 0 Å². The molecule has 0 N–H and O–H groups in total. The fourth-order valence-electron chi connectivity index (χ4n) is 4.95. The van der Waals surface area contributed by atoms with Crippen LogP contribution in [-0.2, 0) is 22.8 Å². The Morgan fingerprint density at radius 1 is 0.946 bits per heavy atom. The van der Waals surface area contributed by atoms with E-state index < -0.39 is 10.5 Å². The quantitative estimate of drug-likeness (QED) is 0.124. The molecule has 1 heterocycles. The number of para-hydroxylation sites is 1. The van der Waals surface area contributed by atoms with Crippen LogP contribution < -0.4 is 9.64 Å². The van der Waals surface area contributed by atoms with Crippen LogP contribution >= 0.6 is 23.2 Å². The summed E-state index contributed by atoms with van der Waals surface area (Å²) in [6.07, 6.45) is 3.31. The molecule has 3 nitrogen and oxygen atoms in total. The van der Waals surface area contributed by atoms with Crippen LogP contribution in [0.1, 0.15) is 58.4 Å². The van der Waals surface area contributed by atoms with Gasteiger partial charge in [0, 0.05) is 5.56 Å². The number of hydrogen-bond acceptors (Lipinski definition) is 3. The third-order valence-electron chi connectivity index (χ3n) is 6.16. The molecule has 3 aromatic rings. The third-order valence-corrected chi connectivity index (χ3v) is 7.80. The molecule has 4 rings (SSSR count). The van der Waals surface area contributed by atoms with Crippen LogP contribution in [0.3, 0.4) is 0 Å². The van der Waals surface area contributed by atoms with Gasteiger partial charge in [-0.25, -0.2) is 0 Å². The second kappa shape index (κ2) is 12.2. The summed E-state index contributed by atoms with van der Waals surface area (Å²) in [5.74, 6) is 0.950. The SMILES string of the molecule is CC(C)Oc1ccccc1[CH]=[Ru+].Cc1cc(C)c(N2[C-]=NC(Cl)(c3c(C)cc(C)cc3C)C2Cl)c(C)c1. The first-order valence-corrected chi connectivity index (χ1v) is 14.1. The Balaban J connectivity index is 0.000000266. The molecule has 0 fully saturated rings. The number of benzene rings is 3. The fraction of sp³-hybridized carbons (Fsp3) is 0.355. The fourth-order valence-corrected chi connectivity index (χ4v) is 6.10. The zero-order valence-corrected chi connectivity index (χ0v) is 26.0. The molecule has 3 aromatic carbocycles. The van der Waals surface area contributed by atoms with Crippen molar-refractivity contribution < 1.29 is 22.6 Å². The molecule has 0 aromatic heterocycles. The molecule has 2 atom stereocenters. The van der Waals surface area contributed by atoms with Crippen molar-refractivity contribution in [3.05, 3.63) is 93.0 Å². The first-order chi connectivity index (χ1) is 17.4. The van der Waals surface area contributed by atoms with Gasteiger partial charge in [0.05, 0.1) is 0 Å². The van der Waals surface area contributed by atoms with Gasteiger partial charge in [0.2, 0.25) is 0 Å². The number of rotatable bonds is 5. The van der Waals surface area contributed by atoms with Crippen LogP contribution in [0.5, 0.6) is 5.75 Å². The molecular formula is C31H35Cl2N2ORu. The van der Waals surface area contributed by atoms with E-state index in [1.165, 1.54) is 11.1 Å². The zero-order chi connectivity index (χ0) is 27.5. The topological polar surface area (TPSA) is 24.8 Å². The van der Waals surface area contributed by atoms with Crippen LogP contribution in [0.25, 0.3) is 0 Å². The van der Waals surface area contributed by atoms with Crippen LogP contribution in [0.15, 0.2) is 53.5 Å². The minimum absolute atomic E-state index is 0.234. The van der Waals surface area contributed by atoms with E-state index in [0.29, 0.717) is 0 Å². The number of ether oxygens (including phenoxy) is 1. The van der Waals surface area contributed by atoms with Crippen molar-refractivity contribution in [2.75, 3.05) is 4.90 Å². The summed E-state index contributed by atoms with van der Waals surface area (Å²) in [6.45, 7) is 16.5. The van der Waals surface area contributed by atoms with Crippen LogP contribution in [-0.4, -0.2) is 22.6 Å². The van der Waals surface area contributed by atoms with Gasteiger partial charge in [-0.15, -0.1) is 16.8 Å². The number of alkyl halides is 2. The predicted molar refractivity (Wildman–Crippen MR) is 156 cm³/mol. The Morgan fingerprint density at radius 3 is 1.97 bits per heavy atom. The van der Waals surface area contributed by atoms with E-state index in [0.717, 1.165) is 44.8 Å². The van der Waals surface area contributed by atoms with Gasteiger partial charge in [-0.2, -0.15) is 0 Å². The van der Waals surface area contributed by atoms with Crippen LogP contribution in [0, 0.1) is 41.5 Å². The van der Waals surface area contributed by atoms with Crippen molar-refractivity contribution in [3.8, 4) is 5.75 Å². The molecular weight excluding hydrogens is 588 g/mol. The third kappa shape index (κ3) is 6.53. The molecule has 1 aliphatic rings. The van der Waals surface area contributed by atoms with E-state index in [1.54, 1.807) is 0 Å². The normalized spacial score (nSPS) is 18.6. The van der Waals surface area contributed by atoms with Gasteiger partial charge in [-0.1, -0.05) is 78.8 Å². The number of aliphatic imine (C=N–C) groups is 1. The summed E-state index contributed by atoms with van der Waals surface area (Å²) < 4.78 is 7.58. The summed E-state index contributed by atoms with van der Waals surface area (Å²) in [4.78, 5) is 5.37. The van der Waals surface area contributed by atoms with Crippen molar-refractivity contribution >= 4 is 39.8 Å². The van der Waals surface area contributed by atoms with Crippen molar-refractivity contribution in [2.24, 2.45) is 4.99 Å². The number of nitrogens with zero attached hydrogens (tertiary/aromatic N) is 2. The van der Waals surface area contributed by atoms with Gasteiger partial charge in [-0.3, -0.25) is 0 Å². The summed E-state index contributed by atoms with van der Waals surface area (Å²) in [5, 5.41) is 0. The summed E-state index contributed by atoms with van der Waals surface area (Å²) >= 11 is 16.3. The van der Waals surface area contributed by atoms with Gasteiger partial charge < -0.3 is 9.89 Å². The van der Waals surface area contributed by atoms with Gasteiger partial charge >= 0.3 is 82.7 Å². The van der Waals surface area contributed by atoms with E-state index in [9.17, 15) is 0 Å². The smallest absolute Gasteiger partial charge is 0.174 e. The Morgan fingerprint density at radius 2 is 1.46 bits per heavy atom. The molecule has 0 spiro atoms. The zero-order valence-electron chi connectivity index (χ0n) is 22.8. The second-order valence-corrected chi connectivity index (χ2v) is 11.4. The summed E-state index contributed by atoms with van der Waals surface area (Å²) in [6, 6.07) is 16.5. The van der Waals surface area contributed by atoms with E-state index in [1.807, 2.05) is 47.6 Å². The number of anilines is 1. The van der Waals surface area contributed by atoms with E-state index in [-0.39, 0.29) is 6.10 Å².